The van der Waals surface area contributed by atoms with Crippen LogP contribution in [0.4, 0.5) is 11.4 Å². The lowest BCUT2D eigenvalue weighted by Crippen LogP contribution is -2.02. The molecule has 0 saturated heterocycles. The van der Waals surface area contributed by atoms with E-state index in [1.165, 1.54) is 19.2 Å². The predicted molar refractivity (Wildman–Crippen MR) is 83.6 cm³/mol. The highest BCUT2D eigenvalue weighted by Gasteiger charge is 2.12. The Morgan fingerprint density at radius 3 is 2.68 bits per heavy atom. The van der Waals surface area contributed by atoms with Crippen molar-refractivity contribution in [2.75, 3.05) is 12.5 Å². The summed E-state index contributed by atoms with van der Waals surface area (Å²) in [5.74, 6) is 0.547. The van der Waals surface area contributed by atoms with Gasteiger partial charge in [-0.3, -0.25) is 15.5 Å². The number of hydrazone groups is 1. The first-order valence-electron chi connectivity index (χ1n) is 6.44. The molecule has 7 nitrogen and oxygen atoms in total. The molecule has 2 N–H and O–H groups in total. The van der Waals surface area contributed by atoms with Crippen LogP contribution >= 0.6 is 0 Å². The lowest BCUT2D eigenvalue weighted by molar-refractivity contribution is -0.384. The third kappa shape index (κ3) is 3.32. The lowest BCUT2D eigenvalue weighted by Gasteiger charge is -2.07. The van der Waals surface area contributed by atoms with Gasteiger partial charge in [0.1, 0.15) is 17.2 Å². The topological polar surface area (TPSA) is 97.0 Å². The van der Waals surface area contributed by atoms with Crippen molar-refractivity contribution in [2.24, 2.45) is 5.10 Å². The molecule has 0 amide bonds. The Morgan fingerprint density at radius 1 is 1.32 bits per heavy atom. The number of hydrogen-bond donors (Lipinski definition) is 2. The van der Waals surface area contributed by atoms with Gasteiger partial charge in [0.05, 0.1) is 17.7 Å². The molecule has 2 aromatic rings. The SMILES string of the molecule is COc1ccc(/C(C)=N/Nc2ccccc2[N+](=O)[O-])c(O)c1. The van der Waals surface area contributed by atoms with E-state index in [0.29, 0.717) is 17.0 Å². The maximum atomic E-state index is 10.9. The first kappa shape index (κ1) is 15.3. The predicted octanol–water partition coefficient (Wildman–Crippen LogP) is 3.15. The number of rotatable bonds is 5. The van der Waals surface area contributed by atoms with Crippen molar-refractivity contribution in [3.63, 3.8) is 0 Å². The summed E-state index contributed by atoms with van der Waals surface area (Å²) in [5.41, 5.74) is 3.85. The number of nitro groups is 1. The van der Waals surface area contributed by atoms with Crippen molar-refractivity contribution in [2.45, 2.75) is 6.92 Å². The van der Waals surface area contributed by atoms with E-state index in [4.69, 9.17) is 4.74 Å². The van der Waals surface area contributed by atoms with Crippen molar-refractivity contribution in [3.8, 4) is 11.5 Å². The first-order chi connectivity index (χ1) is 10.5. The number of anilines is 1. The molecule has 2 rings (SSSR count). The number of phenols is 1. The molecule has 0 spiro atoms. The van der Waals surface area contributed by atoms with Crippen molar-refractivity contribution >= 4 is 17.1 Å². The monoisotopic (exact) mass is 301 g/mol. The zero-order valence-corrected chi connectivity index (χ0v) is 12.1. The number of para-hydroxylation sites is 2. The fourth-order valence-corrected chi connectivity index (χ4v) is 1.88. The van der Waals surface area contributed by atoms with Gasteiger partial charge in [-0.2, -0.15) is 5.10 Å². The van der Waals surface area contributed by atoms with Crippen molar-refractivity contribution < 1.29 is 14.8 Å². The normalized spacial score (nSPS) is 11.1. The Kier molecular flexibility index (Phi) is 4.57. The van der Waals surface area contributed by atoms with E-state index in [1.54, 1.807) is 37.3 Å². The number of hydrogen-bond acceptors (Lipinski definition) is 6. The van der Waals surface area contributed by atoms with E-state index in [2.05, 4.69) is 10.5 Å². The van der Waals surface area contributed by atoms with Crippen molar-refractivity contribution in [3.05, 3.63) is 58.1 Å². The second-order valence-corrected chi connectivity index (χ2v) is 4.47. The molecule has 0 fully saturated rings. The molecule has 2 aromatic carbocycles. The number of phenolic OH excluding ortho intramolecular Hbond substituents is 1. The molecule has 0 aliphatic rings. The van der Waals surface area contributed by atoms with Gasteiger partial charge in [0.15, 0.2) is 0 Å². The van der Waals surface area contributed by atoms with Crippen LogP contribution in [-0.2, 0) is 0 Å². The van der Waals surface area contributed by atoms with Gasteiger partial charge in [-0.05, 0) is 25.1 Å². The van der Waals surface area contributed by atoms with Crippen LogP contribution in [0, 0.1) is 10.1 Å². The average molecular weight is 301 g/mol. The molecule has 114 valence electrons. The minimum Gasteiger partial charge on any atom is -0.507 e. The highest BCUT2D eigenvalue weighted by atomic mass is 16.6. The summed E-state index contributed by atoms with van der Waals surface area (Å²) in [6.07, 6.45) is 0. The summed E-state index contributed by atoms with van der Waals surface area (Å²) in [5, 5.41) is 24.9. The lowest BCUT2D eigenvalue weighted by atomic mass is 10.1. The number of aromatic hydroxyl groups is 1. The minimum atomic E-state index is -0.488. The summed E-state index contributed by atoms with van der Waals surface area (Å²) < 4.78 is 5.01. The Balaban J connectivity index is 2.25. The summed E-state index contributed by atoms with van der Waals surface area (Å²) in [6, 6.07) is 11.0. The Bertz CT molecular complexity index is 728. The maximum absolute atomic E-state index is 10.9. The smallest absolute Gasteiger partial charge is 0.294 e. The van der Waals surface area contributed by atoms with E-state index in [9.17, 15) is 15.2 Å². The third-order valence-corrected chi connectivity index (χ3v) is 3.04. The van der Waals surface area contributed by atoms with E-state index in [1.807, 2.05) is 0 Å². The first-order valence-corrected chi connectivity index (χ1v) is 6.44. The van der Waals surface area contributed by atoms with Gasteiger partial charge >= 0.3 is 0 Å². The van der Waals surface area contributed by atoms with Gasteiger partial charge in [0.25, 0.3) is 5.69 Å². The van der Waals surface area contributed by atoms with E-state index in [0.717, 1.165) is 0 Å². The zero-order valence-electron chi connectivity index (χ0n) is 12.1. The third-order valence-electron chi connectivity index (χ3n) is 3.04. The fraction of sp³-hybridized carbons (Fsp3) is 0.133. The summed E-state index contributed by atoms with van der Waals surface area (Å²) in [7, 11) is 1.51. The van der Waals surface area contributed by atoms with Crippen LogP contribution < -0.4 is 10.2 Å². The summed E-state index contributed by atoms with van der Waals surface area (Å²) in [6.45, 7) is 1.68. The van der Waals surface area contributed by atoms with Crippen LogP contribution in [0.5, 0.6) is 11.5 Å². The molecule has 0 radical (unpaired) electrons. The Labute approximate surface area is 127 Å². The quantitative estimate of drug-likeness (QED) is 0.502. The Hall–Kier alpha value is -3.09. The number of ether oxygens (including phenoxy) is 1. The van der Waals surface area contributed by atoms with Crippen molar-refractivity contribution in [1.82, 2.24) is 0 Å². The maximum Gasteiger partial charge on any atom is 0.294 e. The largest absolute Gasteiger partial charge is 0.507 e. The highest BCUT2D eigenvalue weighted by molar-refractivity contribution is 6.01. The number of methoxy groups -OCH3 is 1. The molecule has 0 heterocycles. The zero-order chi connectivity index (χ0) is 16.1. The van der Waals surface area contributed by atoms with Crippen LogP contribution in [0.2, 0.25) is 0 Å². The molecule has 0 aliphatic carbocycles. The second kappa shape index (κ2) is 6.57. The van der Waals surface area contributed by atoms with E-state index >= 15 is 0 Å². The summed E-state index contributed by atoms with van der Waals surface area (Å²) >= 11 is 0. The van der Waals surface area contributed by atoms with Crippen LogP contribution in [0.1, 0.15) is 12.5 Å². The number of nitro benzene ring substituents is 1. The molecule has 0 bridgehead atoms. The van der Waals surface area contributed by atoms with Gasteiger partial charge in [-0.25, -0.2) is 0 Å². The molecule has 0 saturated carbocycles. The van der Waals surface area contributed by atoms with Crippen LogP contribution in [0.3, 0.4) is 0 Å². The molecular formula is C15H15N3O4. The van der Waals surface area contributed by atoms with Crippen LogP contribution in [-0.4, -0.2) is 22.9 Å². The van der Waals surface area contributed by atoms with Crippen LogP contribution in [0.25, 0.3) is 0 Å². The van der Waals surface area contributed by atoms with Crippen LogP contribution in [0.15, 0.2) is 47.6 Å². The number of nitrogens with zero attached hydrogens (tertiary/aromatic N) is 2. The fourth-order valence-electron chi connectivity index (χ4n) is 1.88. The van der Waals surface area contributed by atoms with Gasteiger partial charge in [-0.15, -0.1) is 0 Å². The Morgan fingerprint density at radius 2 is 2.05 bits per heavy atom. The summed E-state index contributed by atoms with van der Waals surface area (Å²) in [4.78, 5) is 10.4. The molecular weight excluding hydrogens is 286 g/mol. The molecule has 7 heteroatoms. The second-order valence-electron chi connectivity index (χ2n) is 4.47. The van der Waals surface area contributed by atoms with E-state index < -0.39 is 4.92 Å². The molecule has 22 heavy (non-hydrogen) atoms. The van der Waals surface area contributed by atoms with Crippen molar-refractivity contribution in [1.29, 1.82) is 0 Å². The average Bonchev–Trinajstić information content (AvgIpc) is 2.52. The molecule has 0 aliphatic heterocycles. The van der Waals surface area contributed by atoms with Gasteiger partial charge in [0, 0.05) is 17.7 Å². The van der Waals surface area contributed by atoms with E-state index in [-0.39, 0.29) is 17.1 Å². The number of nitrogens with one attached hydrogen (secondary N) is 1. The van der Waals surface area contributed by atoms with Gasteiger partial charge < -0.3 is 9.84 Å². The highest BCUT2D eigenvalue weighted by Crippen LogP contribution is 2.25. The molecule has 0 atom stereocenters. The van der Waals surface area contributed by atoms with Gasteiger partial charge in [-0.1, -0.05) is 12.1 Å². The van der Waals surface area contributed by atoms with Gasteiger partial charge in [0.2, 0.25) is 0 Å². The standard InChI is InChI=1S/C15H15N3O4/c1-10(12-8-7-11(22-2)9-15(12)19)16-17-13-5-3-4-6-14(13)18(20)21/h3-9,17,19H,1-2H3/b16-10+. The minimum absolute atomic E-state index is 0.0185. The molecule has 0 aromatic heterocycles. The molecule has 0 unspecified atom stereocenters. The number of benzene rings is 2.